The molecule has 2 heterocycles. The standard InChI is InChI=1S/C56H88F2N8O6/c1-39(59-9)51(69)61-49(55(3,4)5)53(71)65-31-19-25-45(65)37-63(33-29-41-21-17-23-43(57)35-41)47(67)27-15-13-11-12-14-16-28-48(68)64(34-30-42-22-18-24-44(58)36-42)38-46-26-20-32-66(46)54(72)50(56(6,7)8)62-52(70)40(2)60-10/h17-18,21-24,35-36,39-40,45-46,49-50,59-60H,11-16,19-20,25-34,37-38H2,1-10H3,(H,61,69)(H,62,70)/t39-,40-,45-,46+,49+,50+/m0/s1. The van der Waals surface area contributed by atoms with Gasteiger partial charge < -0.3 is 40.9 Å². The fourth-order valence-corrected chi connectivity index (χ4v) is 9.69. The second kappa shape index (κ2) is 28.5. The summed E-state index contributed by atoms with van der Waals surface area (Å²) in [6.07, 6.45) is 9.47. The van der Waals surface area contributed by atoms with Crippen LogP contribution in [0.4, 0.5) is 8.78 Å². The number of halogens is 2. The summed E-state index contributed by atoms with van der Waals surface area (Å²) in [5, 5.41) is 11.8. The molecule has 2 saturated heterocycles. The Balaban J connectivity index is 1.33. The Labute approximate surface area is 429 Å². The van der Waals surface area contributed by atoms with Crippen LogP contribution in [0, 0.1) is 22.5 Å². The topological polar surface area (TPSA) is 163 Å². The van der Waals surface area contributed by atoms with E-state index in [0.717, 1.165) is 62.5 Å². The quantitative estimate of drug-likeness (QED) is 0.0712. The minimum atomic E-state index is -0.747. The Hall–Kier alpha value is -4.96. The molecule has 4 rings (SSSR count). The van der Waals surface area contributed by atoms with Gasteiger partial charge in [-0.3, -0.25) is 28.8 Å². The van der Waals surface area contributed by atoms with E-state index in [1.54, 1.807) is 40.1 Å². The second-order valence-electron chi connectivity index (χ2n) is 22.4. The van der Waals surface area contributed by atoms with E-state index in [0.29, 0.717) is 77.8 Å². The van der Waals surface area contributed by atoms with E-state index < -0.39 is 35.0 Å². The number of carbonyl (C=O) groups excluding carboxylic acids is 6. The highest BCUT2D eigenvalue weighted by molar-refractivity contribution is 5.91. The molecule has 2 aromatic carbocycles. The van der Waals surface area contributed by atoms with Gasteiger partial charge >= 0.3 is 0 Å². The molecule has 2 aliphatic rings. The summed E-state index contributed by atoms with van der Waals surface area (Å²) in [7, 11) is 3.40. The number of likely N-dealkylation sites (N-methyl/N-ethyl adjacent to an activating group) is 2. The fraction of sp³-hybridized carbons (Fsp3) is 0.679. The van der Waals surface area contributed by atoms with E-state index in [1.807, 2.05) is 73.3 Å². The van der Waals surface area contributed by atoms with Crippen LogP contribution in [0.1, 0.15) is 144 Å². The average molecular weight is 1010 g/mol. The number of nitrogens with one attached hydrogen (secondary N) is 4. The van der Waals surface area contributed by atoms with Crippen LogP contribution in [-0.4, -0.2) is 145 Å². The highest BCUT2D eigenvalue weighted by Gasteiger charge is 2.42. The molecule has 0 aliphatic carbocycles. The summed E-state index contributed by atoms with van der Waals surface area (Å²) in [5.41, 5.74) is 0.479. The summed E-state index contributed by atoms with van der Waals surface area (Å²) in [6.45, 7) is 17.6. The Kier molecular flexibility index (Phi) is 23.6. The third-order valence-electron chi connectivity index (χ3n) is 14.5. The Bertz CT molecular complexity index is 1950. The molecule has 6 atom stereocenters. The van der Waals surface area contributed by atoms with E-state index in [4.69, 9.17) is 0 Å². The van der Waals surface area contributed by atoms with Gasteiger partial charge in [0.1, 0.15) is 23.7 Å². The zero-order valence-corrected chi connectivity index (χ0v) is 45.2. The zero-order chi connectivity index (χ0) is 53.2. The molecule has 4 N–H and O–H groups in total. The lowest BCUT2D eigenvalue weighted by Crippen LogP contribution is -2.59. The van der Waals surface area contributed by atoms with Gasteiger partial charge in [-0.1, -0.05) is 91.5 Å². The van der Waals surface area contributed by atoms with E-state index in [1.165, 1.54) is 24.3 Å². The van der Waals surface area contributed by atoms with E-state index >= 15 is 0 Å². The van der Waals surface area contributed by atoms with Crippen LogP contribution in [0.3, 0.4) is 0 Å². The molecule has 6 amide bonds. The summed E-state index contributed by atoms with van der Waals surface area (Å²) in [5.74, 6) is -1.51. The number of rotatable bonds is 27. The molecule has 14 nitrogen and oxygen atoms in total. The van der Waals surface area contributed by atoms with Gasteiger partial charge in [-0.25, -0.2) is 8.78 Å². The van der Waals surface area contributed by atoms with Crippen molar-refractivity contribution in [1.82, 2.24) is 40.9 Å². The number of nitrogens with zero attached hydrogens (tertiary/aromatic N) is 4. The first-order valence-electron chi connectivity index (χ1n) is 26.6. The maximum absolute atomic E-state index is 14.2. The van der Waals surface area contributed by atoms with Crippen molar-refractivity contribution in [2.45, 2.75) is 182 Å². The lowest BCUT2D eigenvalue weighted by atomic mass is 9.85. The molecule has 0 unspecified atom stereocenters. The molecule has 0 aromatic heterocycles. The minimum Gasteiger partial charge on any atom is -0.342 e. The van der Waals surface area contributed by atoms with Crippen LogP contribution in [0.2, 0.25) is 0 Å². The van der Waals surface area contributed by atoms with Gasteiger partial charge in [-0.2, -0.15) is 0 Å². The SMILES string of the molecule is CN[C@@H](C)C(=O)N[C@H](C(=O)N1CCC[C@@H]1CN(CCc1cccc(F)c1)C(=O)CCCCCCCCC(=O)N(CCc1cccc(F)c1)C[C@@H]1CCCN1C(=O)[C@@H](NC(=O)[C@H](C)NC)C(C)(C)C)C(C)(C)C. The predicted octanol–water partition coefficient (Wildman–Crippen LogP) is 6.79. The molecule has 16 heteroatoms. The summed E-state index contributed by atoms with van der Waals surface area (Å²) >= 11 is 0. The molecule has 0 bridgehead atoms. The normalized spacial score (nSPS) is 17.8. The van der Waals surface area contributed by atoms with Crippen LogP contribution < -0.4 is 21.3 Å². The van der Waals surface area contributed by atoms with Crippen molar-refractivity contribution in [3.63, 3.8) is 0 Å². The average Bonchev–Trinajstić information content (AvgIpc) is 4.01. The minimum absolute atomic E-state index is 0.0113. The maximum atomic E-state index is 14.2. The number of carbonyl (C=O) groups is 6. The molecule has 0 saturated carbocycles. The third-order valence-corrected chi connectivity index (χ3v) is 14.5. The van der Waals surface area contributed by atoms with Crippen molar-refractivity contribution < 1.29 is 37.5 Å². The Morgan fingerprint density at radius 1 is 0.597 bits per heavy atom. The lowest BCUT2D eigenvalue weighted by Gasteiger charge is -2.37. The van der Waals surface area contributed by atoms with Gasteiger partial charge in [0.25, 0.3) is 0 Å². The van der Waals surface area contributed by atoms with Crippen molar-refractivity contribution in [2.75, 3.05) is 53.4 Å². The molecule has 402 valence electrons. The highest BCUT2D eigenvalue weighted by Crippen LogP contribution is 2.29. The van der Waals surface area contributed by atoms with Gasteiger partial charge in [0, 0.05) is 64.2 Å². The largest absolute Gasteiger partial charge is 0.342 e. The van der Waals surface area contributed by atoms with Crippen molar-refractivity contribution in [3.8, 4) is 0 Å². The highest BCUT2D eigenvalue weighted by atomic mass is 19.1. The first-order chi connectivity index (χ1) is 34.0. The van der Waals surface area contributed by atoms with Crippen LogP contribution in [-0.2, 0) is 41.6 Å². The molecule has 72 heavy (non-hydrogen) atoms. The third kappa shape index (κ3) is 18.5. The number of amides is 6. The first-order valence-corrected chi connectivity index (χ1v) is 26.6. The second-order valence-corrected chi connectivity index (χ2v) is 22.4. The molecular formula is C56H88F2N8O6. The fourth-order valence-electron chi connectivity index (χ4n) is 9.69. The monoisotopic (exact) mass is 1010 g/mol. The van der Waals surface area contributed by atoms with Gasteiger partial charge in [-0.05, 0) is 126 Å². The summed E-state index contributed by atoms with van der Waals surface area (Å²) < 4.78 is 28.3. The number of unbranched alkanes of at least 4 members (excludes halogenated alkanes) is 5. The van der Waals surface area contributed by atoms with Gasteiger partial charge in [0.2, 0.25) is 35.4 Å². The van der Waals surface area contributed by atoms with Crippen LogP contribution in [0.5, 0.6) is 0 Å². The van der Waals surface area contributed by atoms with Crippen molar-refractivity contribution in [2.24, 2.45) is 10.8 Å². The van der Waals surface area contributed by atoms with Crippen molar-refractivity contribution >= 4 is 35.4 Å². The van der Waals surface area contributed by atoms with Gasteiger partial charge in [-0.15, -0.1) is 0 Å². The molecule has 2 fully saturated rings. The number of hydrogen-bond acceptors (Lipinski definition) is 8. The molecule has 0 spiro atoms. The van der Waals surface area contributed by atoms with E-state index in [2.05, 4.69) is 21.3 Å². The predicted molar refractivity (Wildman–Crippen MR) is 280 cm³/mol. The Morgan fingerprint density at radius 2 is 0.958 bits per heavy atom. The van der Waals surface area contributed by atoms with Gasteiger partial charge in [0.15, 0.2) is 0 Å². The molecule has 2 aromatic rings. The van der Waals surface area contributed by atoms with Gasteiger partial charge in [0.05, 0.1) is 12.1 Å². The maximum Gasteiger partial charge on any atom is 0.246 e. The van der Waals surface area contributed by atoms with E-state index in [-0.39, 0.29) is 59.2 Å². The lowest BCUT2D eigenvalue weighted by molar-refractivity contribution is -0.142. The van der Waals surface area contributed by atoms with Crippen molar-refractivity contribution in [1.29, 1.82) is 0 Å². The summed E-state index contributed by atoms with van der Waals surface area (Å²) in [4.78, 5) is 89.6. The number of benzene rings is 2. The number of hydrogen-bond donors (Lipinski definition) is 4. The number of likely N-dealkylation sites (tertiary alicyclic amines) is 2. The molecule has 0 radical (unpaired) electrons. The van der Waals surface area contributed by atoms with Crippen molar-refractivity contribution in [3.05, 3.63) is 71.3 Å². The zero-order valence-electron chi connectivity index (χ0n) is 45.2. The smallest absolute Gasteiger partial charge is 0.246 e. The summed E-state index contributed by atoms with van der Waals surface area (Å²) in [6, 6.07) is 9.94. The van der Waals surface area contributed by atoms with Crippen LogP contribution in [0.25, 0.3) is 0 Å². The van der Waals surface area contributed by atoms with E-state index in [9.17, 15) is 37.5 Å². The molecular weight excluding hydrogens is 919 g/mol. The van der Waals surface area contributed by atoms with Crippen LogP contribution >= 0.6 is 0 Å². The molecule has 2 aliphatic heterocycles. The first kappa shape index (κ1) is 59.6. The van der Waals surface area contributed by atoms with Crippen LogP contribution in [0.15, 0.2) is 48.5 Å². The Morgan fingerprint density at radius 3 is 1.29 bits per heavy atom.